The maximum absolute atomic E-state index is 5.47. The molecule has 0 aromatic carbocycles. The Bertz CT molecular complexity index is 535. The SMILES string of the molecule is CC(CC1COCCN1)Nc1ccc(-n2cncn2)nc1. The van der Waals surface area contributed by atoms with Crippen molar-refractivity contribution in [2.75, 3.05) is 25.1 Å². The highest BCUT2D eigenvalue weighted by atomic mass is 16.5. The Balaban J connectivity index is 1.54. The van der Waals surface area contributed by atoms with Gasteiger partial charge in [-0.25, -0.2) is 14.6 Å². The van der Waals surface area contributed by atoms with E-state index in [0.717, 1.165) is 37.7 Å². The minimum absolute atomic E-state index is 0.350. The predicted octanol–water partition coefficient (Wildman–Crippen LogP) is 0.841. The zero-order valence-electron chi connectivity index (χ0n) is 12.1. The normalized spacial score (nSPS) is 20.1. The molecule has 1 aliphatic rings. The number of rotatable bonds is 5. The number of ether oxygens (including phenoxy) is 1. The third kappa shape index (κ3) is 3.77. The number of hydrogen-bond acceptors (Lipinski definition) is 6. The summed E-state index contributed by atoms with van der Waals surface area (Å²) in [5.41, 5.74) is 1.00. The number of nitrogens with one attached hydrogen (secondary N) is 2. The fourth-order valence-corrected chi connectivity index (χ4v) is 2.47. The van der Waals surface area contributed by atoms with Crippen LogP contribution in [0.15, 0.2) is 31.0 Å². The average molecular weight is 288 g/mol. The Morgan fingerprint density at radius 3 is 3.14 bits per heavy atom. The van der Waals surface area contributed by atoms with Gasteiger partial charge in [-0.2, -0.15) is 5.10 Å². The second-order valence-electron chi connectivity index (χ2n) is 5.25. The van der Waals surface area contributed by atoms with Crippen molar-refractivity contribution in [2.24, 2.45) is 0 Å². The van der Waals surface area contributed by atoms with E-state index in [1.807, 2.05) is 18.3 Å². The van der Waals surface area contributed by atoms with Gasteiger partial charge in [-0.1, -0.05) is 0 Å². The smallest absolute Gasteiger partial charge is 0.155 e. The number of pyridine rings is 1. The summed E-state index contributed by atoms with van der Waals surface area (Å²) in [6, 6.07) is 4.70. The van der Waals surface area contributed by atoms with Crippen molar-refractivity contribution >= 4 is 5.69 Å². The monoisotopic (exact) mass is 288 g/mol. The third-order valence-corrected chi connectivity index (χ3v) is 3.45. The number of aromatic nitrogens is 4. The molecular weight excluding hydrogens is 268 g/mol. The van der Waals surface area contributed by atoms with E-state index in [-0.39, 0.29) is 0 Å². The van der Waals surface area contributed by atoms with E-state index in [1.165, 1.54) is 6.33 Å². The lowest BCUT2D eigenvalue weighted by atomic mass is 10.1. The van der Waals surface area contributed by atoms with E-state index in [4.69, 9.17) is 4.74 Å². The van der Waals surface area contributed by atoms with Gasteiger partial charge in [-0.3, -0.25) is 0 Å². The molecule has 1 aliphatic heterocycles. The Hall–Kier alpha value is -1.99. The Labute approximate surface area is 123 Å². The topological polar surface area (TPSA) is 76.9 Å². The van der Waals surface area contributed by atoms with Crippen LogP contribution in [0.4, 0.5) is 5.69 Å². The van der Waals surface area contributed by atoms with Crippen molar-refractivity contribution in [3.8, 4) is 5.82 Å². The first-order valence-corrected chi connectivity index (χ1v) is 7.20. The zero-order valence-corrected chi connectivity index (χ0v) is 12.1. The molecule has 7 heteroatoms. The van der Waals surface area contributed by atoms with Gasteiger partial charge in [0.2, 0.25) is 0 Å². The van der Waals surface area contributed by atoms with Crippen molar-refractivity contribution in [1.82, 2.24) is 25.1 Å². The van der Waals surface area contributed by atoms with Crippen molar-refractivity contribution in [1.29, 1.82) is 0 Å². The molecule has 0 radical (unpaired) electrons. The first kappa shape index (κ1) is 14.0. The van der Waals surface area contributed by atoms with Crippen molar-refractivity contribution in [3.05, 3.63) is 31.0 Å². The molecule has 2 N–H and O–H groups in total. The summed E-state index contributed by atoms with van der Waals surface area (Å²) in [6.07, 6.45) is 5.96. The Morgan fingerprint density at radius 2 is 2.48 bits per heavy atom. The summed E-state index contributed by atoms with van der Waals surface area (Å²) in [7, 11) is 0. The largest absolute Gasteiger partial charge is 0.381 e. The molecule has 2 aromatic rings. The van der Waals surface area contributed by atoms with Crippen molar-refractivity contribution in [2.45, 2.75) is 25.4 Å². The second-order valence-corrected chi connectivity index (χ2v) is 5.25. The lowest BCUT2D eigenvalue weighted by Gasteiger charge is -2.27. The molecule has 1 saturated heterocycles. The van der Waals surface area contributed by atoms with Gasteiger partial charge in [0, 0.05) is 18.6 Å². The molecule has 0 bridgehead atoms. The molecule has 112 valence electrons. The second kappa shape index (κ2) is 6.64. The fraction of sp³-hybridized carbons (Fsp3) is 0.500. The minimum Gasteiger partial charge on any atom is -0.381 e. The van der Waals surface area contributed by atoms with E-state index >= 15 is 0 Å². The first-order chi connectivity index (χ1) is 10.3. The molecule has 21 heavy (non-hydrogen) atoms. The number of morpholine rings is 1. The van der Waals surface area contributed by atoms with Crippen LogP contribution < -0.4 is 10.6 Å². The fourth-order valence-electron chi connectivity index (χ4n) is 2.47. The molecule has 3 rings (SSSR count). The molecule has 0 spiro atoms. The quantitative estimate of drug-likeness (QED) is 0.849. The van der Waals surface area contributed by atoms with Crippen LogP contribution in [0.25, 0.3) is 5.82 Å². The van der Waals surface area contributed by atoms with E-state index in [9.17, 15) is 0 Å². The number of nitrogens with zero attached hydrogens (tertiary/aromatic N) is 4. The summed E-state index contributed by atoms with van der Waals surface area (Å²) in [5, 5.41) is 11.0. The van der Waals surface area contributed by atoms with E-state index in [0.29, 0.717) is 12.1 Å². The number of anilines is 1. The van der Waals surface area contributed by atoms with Gasteiger partial charge >= 0.3 is 0 Å². The standard InChI is InChI=1S/C14H20N6O/c1-11(6-13-8-21-5-4-16-13)19-12-2-3-14(17-7-12)20-10-15-9-18-20/h2-3,7,9-11,13,16,19H,4-6,8H2,1H3. The molecule has 2 aromatic heterocycles. The summed E-state index contributed by atoms with van der Waals surface area (Å²) in [6.45, 7) is 4.70. The summed E-state index contributed by atoms with van der Waals surface area (Å²) < 4.78 is 7.11. The van der Waals surface area contributed by atoms with Crippen LogP contribution in [-0.2, 0) is 4.74 Å². The lowest BCUT2D eigenvalue weighted by Crippen LogP contribution is -2.43. The highest BCUT2D eigenvalue weighted by molar-refractivity contribution is 5.44. The molecule has 2 unspecified atom stereocenters. The van der Waals surface area contributed by atoms with E-state index < -0.39 is 0 Å². The predicted molar refractivity (Wildman–Crippen MR) is 79.5 cm³/mol. The summed E-state index contributed by atoms with van der Waals surface area (Å²) in [5.74, 6) is 0.757. The van der Waals surface area contributed by atoms with Crippen molar-refractivity contribution in [3.63, 3.8) is 0 Å². The van der Waals surface area contributed by atoms with Gasteiger partial charge in [0.1, 0.15) is 12.7 Å². The average Bonchev–Trinajstić information content (AvgIpc) is 3.03. The Morgan fingerprint density at radius 1 is 1.52 bits per heavy atom. The first-order valence-electron chi connectivity index (χ1n) is 7.20. The van der Waals surface area contributed by atoms with Crippen LogP contribution in [0.1, 0.15) is 13.3 Å². The van der Waals surface area contributed by atoms with Crippen LogP contribution in [0.5, 0.6) is 0 Å². The number of hydrogen-bond donors (Lipinski definition) is 2. The molecule has 0 aliphatic carbocycles. The van der Waals surface area contributed by atoms with Gasteiger partial charge in [0.25, 0.3) is 0 Å². The minimum atomic E-state index is 0.350. The third-order valence-electron chi connectivity index (χ3n) is 3.45. The Kier molecular flexibility index (Phi) is 4.42. The van der Waals surface area contributed by atoms with Crippen LogP contribution >= 0.6 is 0 Å². The molecule has 3 heterocycles. The van der Waals surface area contributed by atoms with Crippen LogP contribution in [0, 0.1) is 0 Å². The molecule has 0 amide bonds. The summed E-state index contributed by atoms with van der Waals surface area (Å²) in [4.78, 5) is 8.29. The molecular formula is C14H20N6O. The molecule has 2 atom stereocenters. The lowest BCUT2D eigenvalue weighted by molar-refractivity contribution is 0.0731. The van der Waals surface area contributed by atoms with E-state index in [1.54, 1.807) is 11.0 Å². The van der Waals surface area contributed by atoms with Gasteiger partial charge in [-0.05, 0) is 25.5 Å². The van der Waals surface area contributed by atoms with Crippen LogP contribution in [0.3, 0.4) is 0 Å². The van der Waals surface area contributed by atoms with Crippen LogP contribution in [-0.4, -0.2) is 51.6 Å². The van der Waals surface area contributed by atoms with Gasteiger partial charge in [0.15, 0.2) is 5.82 Å². The maximum atomic E-state index is 5.47. The molecule has 0 saturated carbocycles. The molecule has 1 fully saturated rings. The molecule has 7 nitrogen and oxygen atoms in total. The summed E-state index contributed by atoms with van der Waals surface area (Å²) >= 11 is 0. The van der Waals surface area contributed by atoms with Crippen molar-refractivity contribution < 1.29 is 4.74 Å². The zero-order chi connectivity index (χ0) is 14.5. The highest BCUT2D eigenvalue weighted by Gasteiger charge is 2.16. The van der Waals surface area contributed by atoms with Crippen LogP contribution in [0.2, 0.25) is 0 Å². The van der Waals surface area contributed by atoms with Gasteiger partial charge < -0.3 is 15.4 Å². The maximum Gasteiger partial charge on any atom is 0.155 e. The van der Waals surface area contributed by atoms with E-state index in [2.05, 4.69) is 32.6 Å². The van der Waals surface area contributed by atoms with Gasteiger partial charge in [-0.15, -0.1) is 0 Å². The van der Waals surface area contributed by atoms with Gasteiger partial charge in [0.05, 0.1) is 25.1 Å². The highest BCUT2D eigenvalue weighted by Crippen LogP contribution is 2.12.